The van der Waals surface area contributed by atoms with Crippen molar-refractivity contribution in [3.8, 4) is 0 Å². The number of amides is 2. The predicted octanol–water partition coefficient (Wildman–Crippen LogP) is 5.73. The first-order valence-corrected chi connectivity index (χ1v) is 13.1. The summed E-state index contributed by atoms with van der Waals surface area (Å²) in [6, 6.07) is 6.02. The normalized spacial score (nSPS) is 18.4. The maximum absolute atomic E-state index is 12.3. The topological polar surface area (TPSA) is 48.1 Å². The molecule has 0 atom stereocenters. The molecule has 2 rings (SSSR count). The number of hydrogen-bond donors (Lipinski definition) is 1. The lowest BCUT2D eigenvalue weighted by molar-refractivity contribution is 0.0581. The van der Waals surface area contributed by atoms with Crippen LogP contribution in [0, 0.1) is 5.92 Å². The molecule has 1 fully saturated rings. The second-order valence-corrected chi connectivity index (χ2v) is 9.91. The van der Waals surface area contributed by atoms with E-state index in [1.54, 1.807) is 11.9 Å². The minimum absolute atomic E-state index is 0.0318. The fraction of sp³-hybridized carbons (Fsp3) is 0.720. The lowest BCUT2D eigenvalue weighted by Gasteiger charge is -2.32. The Bertz CT molecular complexity index is 714. The van der Waals surface area contributed by atoms with Crippen molar-refractivity contribution in [2.45, 2.75) is 58.4 Å². The Labute approximate surface area is 210 Å². The van der Waals surface area contributed by atoms with Gasteiger partial charge in [0.1, 0.15) is 6.73 Å². The van der Waals surface area contributed by atoms with Crippen LogP contribution in [-0.2, 0) is 4.74 Å². The summed E-state index contributed by atoms with van der Waals surface area (Å²) in [5, 5.41) is 4.38. The van der Waals surface area contributed by atoms with Crippen LogP contribution in [0.3, 0.4) is 0 Å². The molecular weight excluding hydrogens is 459 g/mol. The van der Waals surface area contributed by atoms with E-state index in [1.807, 2.05) is 18.2 Å². The summed E-state index contributed by atoms with van der Waals surface area (Å²) in [4.78, 5) is 18.6. The summed E-state index contributed by atoms with van der Waals surface area (Å²) in [5.41, 5.74) is 0.975. The lowest BCUT2D eigenvalue weighted by atomic mass is 9.84. The Morgan fingerprint density at radius 1 is 1.09 bits per heavy atom. The van der Waals surface area contributed by atoms with Gasteiger partial charge in [0, 0.05) is 39.8 Å². The van der Waals surface area contributed by atoms with E-state index < -0.39 is 0 Å². The monoisotopic (exact) mass is 500 g/mol. The molecule has 0 heterocycles. The fourth-order valence-corrected chi connectivity index (χ4v) is 4.72. The van der Waals surface area contributed by atoms with Gasteiger partial charge in [-0.2, -0.15) is 0 Å². The molecular formula is C25H42Cl2N4O2. The first-order chi connectivity index (χ1) is 15.8. The number of carbonyl (C=O) groups excluding carboxylic acids is 1. The van der Waals surface area contributed by atoms with Gasteiger partial charge in [0.2, 0.25) is 0 Å². The highest BCUT2D eigenvalue weighted by Gasteiger charge is 2.24. The molecule has 0 aliphatic heterocycles. The third-order valence-corrected chi connectivity index (χ3v) is 7.36. The molecule has 1 saturated carbocycles. The zero-order chi connectivity index (χ0) is 24.2. The Hall–Kier alpha value is -1.21. The van der Waals surface area contributed by atoms with Gasteiger partial charge in [0.25, 0.3) is 0 Å². The Morgan fingerprint density at radius 2 is 1.82 bits per heavy atom. The molecule has 33 heavy (non-hydrogen) atoms. The van der Waals surface area contributed by atoms with Crippen molar-refractivity contribution in [1.29, 1.82) is 0 Å². The van der Waals surface area contributed by atoms with Crippen LogP contribution >= 0.6 is 23.2 Å². The molecule has 1 N–H and O–H groups in total. The number of urea groups is 1. The molecule has 188 valence electrons. The zero-order valence-electron chi connectivity index (χ0n) is 20.8. The molecule has 6 nitrogen and oxygen atoms in total. The first kappa shape index (κ1) is 28.0. The number of nitrogens with zero attached hydrogens (tertiary/aromatic N) is 3. The molecule has 1 aromatic carbocycles. The van der Waals surface area contributed by atoms with Crippen LogP contribution in [0.5, 0.6) is 0 Å². The van der Waals surface area contributed by atoms with Gasteiger partial charge in [0.05, 0.1) is 15.7 Å². The summed E-state index contributed by atoms with van der Waals surface area (Å²) >= 11 is 12.5. The second-order valence-electron chi connectivity index (χ2n) is 9.12. The SMILES string of the molecule is CCCOCN(C)C(=O)N[C@H]1CC[C@H](CCN(CC)CCN(C)c2cccc(Cl)c2Cl)CC1. The number of anilines is 1. The van der Waals surface area contributed by atoms with Crippen LogP contribution in [0.15, 0.2) is 18.2 Å². The molecule has 2 amide bonds. The van der Waals surface area contributed by atoms with Gasteiger partial charge in [-0.15, -0.1) is 0 Å². The molecule has 1 aliphatic carbocycles. The number of likely N-dealkylation sites (N-methyl/N-ethyl adjacent to an activating group) is 2. The summed E-state index contributed by atoms with van der Waals surface area (Å²) in [6.07, 6.45) is 6.64. The number of halogens is 2. The molecule has 0 bridgehead atoms. The molecule has 0 saturated heterocycles. The highest BCUT2D eigenvalue weighted by molar-refractivity contribution is 6.43. The smallest absolute Gasteiger partial charge is 0.319 e. The van der Waals surface area contributed by atoms with E-state index in [0.717, 1.165) is 57.0 Å². The second kappa shape index (κ2) is 14.9. The van der Waals surface area contributed by atoms with Gasteiger partial charge in [-0.05, 0) is 69.7 Å². The largest absolute Gasteiger partial charge is 0.372 e. The summed E-state index contributed by atoms with van der Waals surface area (Å²) < 4.78 is 5.45. The van der Waals surface area contributed by atoms with Gasteiger partial charge in [0.15, 0.2) is 0 Å². The number of nitrogens with one attached hydrogen (secondary N) is 1. The first-order valence-electron chi connectivity index (χ1n) is 12.3. The van der Waals surface area contributed by atoms with Gasteiger partial charge in [-0.3, -0.25) is 0 Å². The van der Waals surface area contributed by atoms with Crippen molar-refractivity contribution in [1.82, 2.24) is 15.1 Å². The van der Waals surface area contributed by atoms with E-state index in [1.165, 1.54) is 19.3 Å². The molecule has 1 aromatic rings. The number of hydrogen-bond acceptors (Lipinski definition) is 4. The summed E-state index contributed by atoms with van der Waals surface area (Å²) in [6.45, 7) is 9.35. The van der Waals surface area contributed by atoms with E-state index in [4.69, 9.17) is 27.9 Å². The highest BCUT2D eigenvalue weighted by Crippen LogP contribution is 2.31. The van der Waals surface area contributed by atoms with Crippen LogP contribution in [0.4, 0.5) is 10.5 Å². The number of ether oxygens (including phenoxy) is 1. The minimum Gasteiger partial charge on any atom is -0.372 e. The van der Waals surface area contributed by atoms with E-state index in [-0.39, 0.29) is 12.1 Å². The average molecular weight is 502 g/mol. The van der Waals surface area contributed by atoms with E-state index in [2.05, 4.69) is 36.0 Å². The number of carbonyl (C=O) groups is 1. The Kier molecular flexibility index (Phi) is 12.7. The zero-order valence-corrected chi connectivity index (χ0v) is 22.3. The highest BCUT2D eigenvalue weighted by atomic mass is 35.5. The average Bonchev–Trinajstić information content (AvgIpc) is 2.81. The standard InChI is InChI=1S/C25H42Cl2N4O2/c1-5-18-33-19-30(4)25(32)28-21-12-10-20(11-13-21)14-15-31(6-2)17-16-29(3)23-9-7-8-22(26)24(23)27/h7-9,20-21H,5-6,10-19H2,1-4H3,(H,28,32)/t20-,21-. The van der Waals surface area contributed by atoms with Crippen molar-refractivity contribution in [2.75, 3.05) is 58.5 Å². The molecule has 0 radical (unpaired) electrons. The minimum atomic E-state index is -0.0318. The third-order valence-electron chi connectivity index (χ3n) is 6.55. The number of rotatable bonds is 13. The van der Waals surface area contributed by atoms with Crippen LogP contribution in [0.2, 0.25) is 10.0 Å². The third kappa shape index (κ3) is 9.51. The van der Waals surface area contributed by atoms with Crippen LogP contribution in [-0.4, -0.2) is 75.5 Å². The maximum Gasteiger partial charge on any atom is 0.319 e. The van der Waals surface area contributed by atoms with Gasteiger partial charge < -0.3 is 24.8 Å². The summed E-state index contributed by atoms with van der Waals surface area (Å²) in [5.74, 6) is 0.734. The molecule has 0 spiro atoms. The van der Waals surface area contributed by atoms with Gasteiger partial charge >= 0.3 is 6.03 Å². The molecule has 1 aliphatic rings. The van der Waals surface area contributed by atoms with Crippen LogP contribution in [0.1, 0.15) is 52.4 Å². The predicted molar refractivity (Wildman–Crippen MR) is 140 cm³/mol. The van der Waals surface area contributed by atoms with E-state index in [0.29, 0.717) is 23.4 Å². The lowest BCUT2D eigenvalue weighted by Crippen LogP contribution is -2.45. The van der Waals surface area contributed by atoms with Crippen LogP contribution < -0.4 is 10.2 Å². The number of benzene rings is 1. The quantitative estimate of drug-likeness (QED) is 0.277. The van der Waals surface area contributed by atoms with Crippen molar-refractivity contribution >= 4 is 34.9 Å². The molecule has 0 aromatic heterocycles. The van der Waals surface area contributed by atoms with Crippen molar-refractivity contribution in [3.63, 3.8) is 0 Å². The van der Waals surface area contributed by atoms with Crippen molar-refractivity contribution < 1.29 is 9.53 Å². The summed E-state index contributed by atoms with van der Waals surface area (Å²) in [7, 11) is 3.85. The van der Waals surface area contributed by atoms with Crippen molar-refractivity contribution in [3.05, 3.63) is 28.2 Å². The molecule has 0 unspecified atom stereocenters. The van der Waals surface area contributed by atoms with Gasteiger partial charge in [-0.1, -0.05) is 43.1 Å². The molecule has 8 heteroatoms. The van der Waals surface area contributed by atoms with Crippen LogP contribution in [0.25, 0.3) is 0 Å². The maximum atomic E-state index is 12.3. The van der Waals surface area contributed by atoms with E-state index in [9.17, 15) is 4.79 Å². The van der Waals surface area contributed by atoms with E-state index >= 15 is 0 Å². The Morgan fingerprint density at radius 3 is 2.48 bits per heavy atom. The van der Waals surface area contributed by atoms with Gasteiger partial charge in [-0.25, -0.2) is 4.79 Å². The Balaban J connectivity index is 1.67. The van der Waals surface area contributed by atoms with Crippen molar-refractivity contribution in [2.24, 2.45) is 5.92 Å². The fourth-order valence-electron chi connectivity index (χ4n) is 4.28.